The smallest absolute Gasteiger partial charge is 0.231 e. The molecule has 0 radical (unpaired) electrons. The molecule has 2 aromatic carbocycles. The maximum absolute atomic E-state index is 5.35. The van der Waals surface area contributed by atoms with Crippen molar-refractivity contribution < 1.29 is 9.47 Å². The van der Waals surface area contributed by atoms with Gasteiger partial charge in [0.05, 0.1) is 16.4 Å². The van der Waals surface area contributed by atoms with Gasteiger partial charge < -0.3 is 14.0 Å². The SMILES string of the molecule is Cn1c(=NN=Cc2ccc3c(c2)OCO3)sc2ccccc21. The van der Waals surface area contributed by atoms with E-state index in [9.17, 15) is 0 Å². The highest BCUT2D eigenvalue weighted by atomic mass is 32.1. The molecule has 0 bridgehead atoms. The first-order valence-electron chi connectivity index (χ1n) is 6.82. The summed E-state index contributed by atoms with van der Waals surface area (Å²) in [4.78, 5) is 0.859. The molecule has 0 N–H and O–H groups in total. The molecule has 0 aliphatic carbocycles. The highest BCUT2D eigenvalue weighted by Crippen LogP contribution is 2.31. The first kappa shape index (κ1) is 13.1. The van der Waals surface area contributed by atoms with Crippen LogP contribution in [0.3, 0.4) is 0 Å². The number of rotatable bonds is 2. The first-order chi connectivity index (χ1) is 10.8. The van der Waals surface area contributed by atoms with Crippen molar-refractivity contribution in [1.29, 1.82) is 0 Å². The van der Waals surface area contributed by atoms with E-state index in [-0.39, 0.29) is 6.79 Å². The van der Waals surface area contributed by atoms with Gasteiger partial charge in [-0.25, -0.2) is 0 Å². The van der Waals surface area contributed by atoms with Crippen molar-refractivity contribution in [1.82, 2.24) is 4.57 Å². The fourth-order valence-electron chi connectivity index (χ4n) is 2.32. The van der Waals surface area contributed by atoms with Gasteiger partial charge in [0.25, 0.3) is 0 Å². The van der Waals surface area contributed by atoms with Crippen LogP contribution in [0.25, 0.3) is 10.2 Å². The number of aromatic nitrogens is 1. The topological polar surface area (TPSA) is 48.1 Å². The van der Waals surface area contributed by atoms with Crippen molar-refractivity contribution in [3.63, 3.8) is 0 Å². The minimum Gasteiger partial charge on any atom is -0.454 e. The molecule has 0 amide bonds. The number of fused-ring (bicyclic) bond motifs is 2. The summed E-state index contributed by atoms with van der Waals surface area (Å²) in [5.41, 5.74) is 2.08. The van der Waals surface area contributed by atoms with Gasteiger partial charge in [-0.05, 0) is 35.9 Å². The van der Waals surface area contributed by atoms with Crippen LogP contribution in [0.5, 0.6) is 11.5 Å². The summed E-state index contributed by atoms with van der Waals surface area (Å²) in [7, 11) is 1.99. The second-order valence-electron chi connectivity index (χ2n) is 4.87. The Morgan fingerprint density at radius 1 is 1.14 bits per heavy atom. The zero-order chi connectivity index (χ0) is 14.9. The van der Waals surface area contributed by atoms with Crippen molar-refractivity contribution in [2.45, 2.75) is 0 Å². The van der Waals surface area contributed by atoms with Gasteiger partial charge in [-0.3, -0.25) is 0 Å². The van der Waals surface area contributed by atoms with Crippen molar-refractivity contribution in [3.8, 4) is 11.5 Å². The van der Waals surface area contributed by atoms with Gasteiger partial charge in [0.2, 0.25) is 11.6 Å². The van der Waals surface area contributed by atoms with Crippen LogP contribution in [0.1, 0.15) is 5.56 Å². The summed E-state index contributed by atoms with van der Waals surface area (Å²) in [5.74, 6) is 1.52. The molecule has 0 saturated carbocycles. The Morgan fingerprint density at radius 3 is 2.91 bits per heavy atom. The molecule has 0 spiro atoms. The van der Waals surface area contributed by atoms with Gasteiger partial charge in [0.1, 0.15) is 0 Å². The number of ether oxygens (including phenoxy) is 2. The van der Waals surface area contributed by atoms with Crippen molar-refractivity contribution in [2.24, 2.45) is 17.3 Å². The Morgan fingerprint density at radius 2 is 2.00 bits per heavy atom. The van der Waals surface area contributed by atoms with Gasteiger partial charge in [-0.15, -0.1) is 5.10 Å². The highest BCUT2D eigenvalue weighted by molar-refractivity contribution is 7.16. The lowest BCUT2D eigenvalue weighted by atomic mass is 10.2. The predicted octanol–water partition coefficient (Wildman–Crippen LogP) is 2.90. The molecule has 3 aromatic rings. The Labute approximate surface area is 130 Å². The third-order valence-electron chi connectivity index (χ3n) is 3.46. The molecule has 5 nitrogen and oxygen atoms in total. The van der Waals surface area contributed by atoms with Gasteiger partial charge in [0, 0.05) is 7.05 Å². The first-order valence-corrected chi connectivity index (χ1v) is 7.64. The average Bonchev–Trinajstić information content (AvgIpc) is 3.12. The molecule has 0 atom stereocenters. The van der Waals surface area contributed by atoms with E-state index in [0.717, 1.165) is 27.4 Å². The molecule has 0 fully saturated rings. The fourth-order valence-corrected chi connectivity index (χ4v) is 3.29. The molecule has 0 saturated heterocycles. The number of aryl methyl sites for hydroxylation is 1. The Bertz CT molecular complexity index is 940. The van der Waals surface area contributed by atoms with E-state index < -0.39 is 0 Å². The predicted molar refractivity (Wildman–Crippen MR) is 86.5 cm³/mol. The summed E-state index contributed by atoms with van der Waals surface area (Å²) >= 11 is 1.62. The van der Waals surface area contributed by atoms with Crippen molar-refractivity contribution in [3.05, 3.63) is 52.8 Å². The van der Waals surface area contributed by atoms with E-state index in [0.29, 0.717) is 0 Å². The summed E-state index contributed by atoms with van der Waals surface area (Å²) in [6, 6.07) is 13.9. The maximum Gasteiger partial charge on any atom is 0.231 e. The van der Waals surface area contributed by atoms with Crippen LogP contribution in [0.2, 0.25) is 0 Å². The van der Waals surface area contributed by atoms with Crippen molar-refractivity contribution >= 4 is 27.8 Å². The van der Waals surface area contributed by atoms with Crippen LogP contribution in [0.4, 0.5) is 0 Å². The lowest BCUT2D eigenvalue weighted by molar-refractivity contribution is 0.174. The monoisotopic (exact) mass is 311 g/mol. The molecule has 0 unspecified atom stereocenters. The minimum absolute atomic E-state index is 0.276. The average molecular weight is 311 g/mol. The van der Waals surface area contributed by atoms with Crippen LogP contribution < -0.4 is 14.3 Å². The maximum atomic E-state index is 5.35. The number of hydrogen-bond donors (Lipinski definition) is 0. The van der Waals surface area contributed by atoms with E-state index in [1.807, 2.05) is 41.9 Å². The zero-order valence-corrected chi connectivity index (χ0v) is 12.7. The number of thiazole rings is 1. The fraction of sp³-hybridized carbons (Fsp3) is 0.125. The van der Waals surface area contributed by atoms with Gasteiger partial charge >= 0.3 is 0 Å². The zero-order valence-electron chi connectivity index (χ0n) is 11.9. The van der Waals surface area contributed by atoms with Gasteiger partial charge in [-0.2, -0.15) is 5.10 Å². The molecule has 1 aromatic heterocycles. The van der Waals surface area contributed by atoms with Crippen molar-refractivity contribution in [2.75, 3.05) is 6.79 Å². The van der Waals surface area contributed by atoms with E-state index in [1.54, 1.807) is 17.6 Å². The summed E-state index contributed by atoms with van der Waals surface area (Å²) in [6.45, 7) is 0.276. The number of nitrogens with zero attached hydrogens (tertiary/aromatic N) is 3. The third kappa shape index (κ3) is 2.27. The lowest BCUT2D eigenvalue weighted by Gasteiger charge is -1.96. The molecular formula is C16H13N3O2S. The summed E-state index contributed by atoms with van der Waals surface area (Å²) in [5, 5.41) is 8.50. The molecule has 110 valence electrons. The minimum atomic E-state index is 0.276. The van der Waals surface area contributed by atoms with Crippen LogP contribution in [0, 0.1) is 0 Å². The van der Waals surface area contributed by atoms with E-state index in [4.69, 9.17) is 9.47 Å². The van der Waals surface area contributed by atoms with Crippen LogP contribution >= 0.6 is 11.3 Å². The molecule has 1 aliphatic heterocycles. The number of para-hydroxylation sites is 1. The second kappa shape index (κ2) is 5.31. The summed E-state index contributed by atoms with van der Waals surface area (Å²) in [6.07, 6.45) is 1.71. The van der Waals surface area contributed by atoms with Gasteiger partial charge in [-0.1, -0.05) is 23.5 Å². The highest BCUT2D eigenvalue weighted by Gasteiger charge is 2.12. The second-order valence-corrected chi connectivity index (χ2v) is 5.88. The molecule has 4 rings (SSSR count). The van der Waals surface area contributed by atoms with Crippen LogP contribution in [-0.2, 0) is 7.05 Å². The molecule has 22 heavy (non-hydrogen) atoms. The van der Waals surface area contributed by atoms with Gasteiger partial charge in [0.15, 0.2) is 11.5 Å². The quantitative estimate of drug-likeness (QED) is 0.540. The Kier molecular flexibility index (Phi) is 3.16. The van der Waals surface area contributed by atoms with E-state index in [2.05, 4.69) is 22.3 Å². The lowest BCUT2D eigenvalue weighted by Crippen LogP contribution is -2.08. The van der Waals surface area contributed by atoms with E-state index >= 15 is 0 Å². The normalized spacial score (nSPS) is 14.3. The Balaban J connectivity index is 1.66. The number of benzene rings is 2. The molecule has 2 heterocycles. The number of hydrogen-bond acceptors (Lipinski definition) is 5. The summed E-state index contributed by atoms with van der Waals surface area (Å²) < 4.78 is 13.9. The van der Waals surface area contributed by atoms with E-state index in [1.165, 1.54) is 4.70 Å². The van der Waals surface area contributed by atoms with Crippen LogP contribution in [0.15, 0.2) is 52.7 Å². The molecule has 6 heteroatoms. The molecule has 1 aliphatic rings. The van der Waals surface area contributed by atoms with Crippen LogP contribution in [-0.4, -0.2) is 17.6 Å². The molecular weight excluding hydrogens is 298 g/mol. The largest absolute Gasteiger partial charge is 0.454 e. The standard InChI is InChI=1S/C16H13N3O2S/c1-19-12-4-2-3-5-15(12)22-16(19)18-17-9-11-6-7-13-14(8-11)21-10-20-13/h2-9H,10H2,1H3. The third-order valence-corrected chi connectivity index (χ3v) is 4.56. The Hall–Kier alpha value is -2.60.